The summed E-state index contributed by atoms with van der Waals surface area (Å²) in [5, 5.41) is 8.27. The third-order valence-corrected chi connectivity index (χ3v) is 2.98. The molecule has 3 N–H and O–H groups in total. The Hall–Kier alpha value is -1.40. The van der Waals surface area contributed by atoms with E-state index in [9.17, 15) is 9.59 Å². The van der Waals surface area contributed by atoms with Crippen LogP contribution in [0.2, 0.25) is 0 Å². The largest absolute Gasteiger partial charge is 0.355 e. The Labute approximate surface area is 121 Å². The van der Waals surface area contributed by atoms with E-state index in [1.807, 2.05) is 25.1 Å². The maximum absolute atomic E-state index is 11.6. The predicted octanol–water partition coefficient (Wildman–Crippen LogP) is 1.50. The van der Waals surface area contributed by atoms with Gasteiger partial charge in [0, 0.05) is 11.0 Å². The minimum atomic E-state index is -0.185. The Morgan fingerprint density at radius 2 is 1.84 bits per heavy atom. The molecule has 0 aromatic heterocycles. The van der Waals surface area contributed by atoms with Gasteiger partial charge in [-0.2, -0.15) is 0 Å². The first-order chi connectivity index (χ1) is 9.13. The quantitative estimate of drug-likeness (QED) is 0.710. The van der Waals surface area contributed by atoms with Gasteiger partial charge in [-0.3, -0.25) is 14.9 Å². The summed E-state index contributed by atoms with van der Waals surface area (Å²) in [4.78, 5) is 22.9. The summed E-state index contributed by atoms with van der Waals surface area (Å²) in [6.45, 7) is 2.88. The summed E-state index contributed by atoms with van der Waals surface area (Å²) >= 11 is 3.35. The molecule has 2 amide bonds. The van der Waals surface area contributed by atoms with Crippen LogP contribution in [0.15, 0.2) is 28.7 Å². The van der Waals surface area contributed by atoms with E-state index in [0.29, 0.717) is 12.2 Å². The second kappa shape index (κ2) is 8.66. The molecule has 0 radical (unpaired) electrons. The highest BCUT2D eigenvalue weighted by Crippen LogP contribution is 2.20. The number of halogens is 1. The van der Waals surface area contributed by atoms with Crippen LogP contribution in [0.3, 0.4) is 0 Å². The Kier molecular flexibility index (Phi) is 7.14. The van der Waals surface area contributed by atoms with E-state index in [0.717, 1.165) is 10.9 Å². The highest BCUT2D eigenvalue weighted by atomic mass is 79.9. The van der Waals surface area contributed by atoms with Crippen LogP contribution in [0.25, 0.3) is 0 Å². The molecular weight excluding hydrogens is 310 g/mol. The first-order valence-electron chi connectivity index (χ1n) is 6.15. The maximum atomic E-state index is 11.6. The molecule has 104 valence electrons. The molecule has 0 unspecified atom stereocenters. The van der Waals surface area contributed by atoms with Gasteiger partial charge in [-0.05, 0) is 34.5 Å². The van der Waals surface area contributed by atoms with Crippen molar-refractivity contribution in [2.24, 2.45) is 0 Å². The molecule has 1 aromatic carbocycles. The molecule has 0 heterocycles. The summed E-state index contributed by atoms with van der Waals surface area (Å²) < 4.78 is 0.823. The van der Waals surface area contributed by atoms with Crippen molar-refractivity contribution in [2.45, 2.75) is 13.3 Å². The minimum absolute atomic E-state index is 0.0981. The summed E-state index contributed by atoms with van der Waals surface area (Å²) in [6.07, 6.45) is 0.897. The third-order valence-electron chi connectivity index (χ3n) is 2.29. The smallest absolute Gasteiger partial charge is 0.238 e. The Morgan fingerprint density at radius 3 is 2.53 bits per heavy atom. The molecule has 0 saturated heterocycles. The van der Waals surface area contributed by atoms with Crippen LogP contribution in [0, 0.1) is 0 Å². The lowest BCUT2D eigenvalue weighted by molar-refractivity contribution is -0.120. The zero-order chi connectivity index (χ0) is 14.1. The second-order valence-electron chi connectivity index (χ2n) is 3.98. The van der Waals surface area contributed by atoms with Crippen molar-refractivity contribution in [2.75, 3.05) is 25.0 Å². The topological polar surface area (TPSA) is 70.2 Å². The lowest BCUT2D eigenvalue weighted by Gasteiger charge is -2.08. The molecule has 0 aliphatic heterocycles. The number of nitrogens with one attached hydrogen (secondary N) is 3. The van der Waals surface area contributed by atoms with Gasteiger partial charge in [-0.1, -0.05) is 19.1 Å². The molecule has 5 nitrogen and oxygen atoms in total. The highest BCUT2D eigenvalue weighted by Gasteiger charge is 2.05. The minimum Gasteiger partial charge on any atom is -0.355 e. The van der Waals surface area contributed by atoms with Crippen molar-refractivity contribution in [3.8, 4) is 0 Å². The van der Waals surface area contributed by atoms with Gasteiger partial charge < -0.3 is 10.6 Å². The number of carbonyl (C=O) groups excluding carboxylic acids is 2. The van der Waals surface area contributed by atoms with E-state index in [-0.39, 0.29) is 24.9 Å². The van der Waals surface area contributed by atoms with Gasteiger partial charge in [0.2, 0.25) is 11.8 Å². The molecule has 19 heavy (non-hydrogen) atoms. The Balaban J connectivity index is 2.25. The van der Waals surface area contributed by atoms with Crippen LogP contribution >= 0.6 is 15.9 Å². The summed E-state index contributed by atoms with van der Waals surface area (Å²) in [5.74, 6) is -0.286. The fourth-order valence-corrected chi connectivity index (χ4v) is 1.76. The molecule has 6 heteroatoms. The lowest BCUT2D eigenvalue weighted by Crippen LogP contribution is -2.37. The second-order valence-corrected chi connectivity index (χ2v) is 4.84. The zero-order valence-corrected chi connectivity index (χ0v) is 12.4. The third kappa shape index (κ3) is 6.35. The van der Waals surface area contributed by atoms with Gasteiger partial charge in [-0.15, -0.1) is 0 Å². The molecular formula is C13H18BrN3O2. The number of benzene rings is 1. The number of carbonyl (C=O) groups is 2. The summed E-state index contributed by atoms with van der Waals surface area (Å²) in [5.41, 5.74) is 0.713. The summed E-state index contributed by atoms with van der Waals surface area (Å²) in [7, 11) is 0. The van der Waals surface area contributed by atoms with E-state index in [2.05, 4.69) is 31.9 Å². The van der Waals surface area contributed by atoms with Gasteiger partial charge in [0.1, 0.15) is 0 Å². The van der Waals surface area contributed by atoms with Crippen molar-refractivity contribution in [1.82, 2.24) is 10.6 Å². The van der Waals surface area contributed by atoms with Gasteiger partial charge in [0.25, 0.3) is 0 Å². The molecule has 0 aliphatic carbocycles. The molecule has 0 bridgehead atoms. The van der Waals surface area contributed by atoms with Crippen LogP contribution in [0.1, 0.15) is 13.3 Å². The van der Waals surface area contributed by atoms with Gasteiger partial charge >= 0.3 is 0 Å². The van der Waals surface area contributed by atoms with Crippen molar-refractivity contribution in [1.29, 1.82) is 0 Å². The average molecular weight is 328 g/mol. The molecule has 0 saturated carbocycles. The van der Waals surface area contributed by atoms with Gasteiger partial charge in [-0.25, -0.2) is 0 Å². The van der Waals surface area contributed by atoms with Crippen LogP contribution in [-0.4, -0.2) is 31.4 Å². The van der Waals surface area contributed by atoms with Crippen molar-refractivity contribution >= 4 is 33.4 Å². The van der Waals surface area contributed by atoms with E-state index in [4.69, 9.17) is 0 Å². The molecule has 1 aromatic rings. The molecule has 0 aliphatic rings. The number of hydrogen-bond acceptors (Lipinski definition) is 3. The monoisotopic (exact) mass is 327 g/mol. The lowest BCUT2D eigenvalue weighted by atomic mass is 10.3. The molecule has 1 rings (SSSR count). The fourth-order valence-electron chi connectivity index (χ4n) is 1.37. The predicted molar refractivity (Wildman–Crippen MR) is 78.9 cm³/mol. The van der Waals surface area contributed by atoms with E-state index in [1.165, 1.54) is 0 Å². The van der Waals surface area contributed by atoms with Crippen LogP contribution in [0.4, 0.5) is 5.69 Å². The molecule has 0 atom stereocenters. The normalized spacial score (nSPS) is 10.0. The van der Waals surface area contributed by atoms with E-state index in [1.54, 1.807) is 6.07 Å². The van der Waals surface area contributed by atoms with Gasteiger partial charge in [0.05, 0.1) is 18.8 Å². The molecule has 0 fully saturated rings. The van der Waals surface area contributed by atoms with Crippen molar-refractivity contribution in [3.63, 3.8) is 0 Å². The van der Waals surface area contributed by atoms with Crippen LogP contribution < -0.4 is 16.0 Å². The van der Waals surface area contributed by atoms with Crippen LogP contribution in [0.5, 0.6) is 0 Å². The Bertz CT molecular complexity index is 438. The number of hydrogen-bond donors (Lipinski definition) is 3. The van der Waals surface area contributed by atoms with E-state index < -0.39 is 0 Å². The summed E-state index contributed by atoms with van der Waals surface area (Å²) in [6, 6.07) is 7.36. The number of amides is 2. The first kappa shape index (κ1) is 15.7. The molecule has 0 spiro atoms. The van der Waals surface area contributed by atoms with Crippen molar-refractivity contribution < 1.29 is 9.59 Å². The number of rotatable bonds is 7. The number of anilines is 1. The van der Waals surface area contributed by atoms with E-state index >= 15 is 0 Å². The Morgan fingerprint density at radius 1 is 1.16 bits per heavy atom. The highest BCUT2D eigenvalue weighted by molar-refractivity contribution is 9.10. The first-order valence-corrected chi connectivity index (χ1v) is 6.94. The maximum Gasteiger partial charge on any atom is 0.238 e. The zero-order valence-electron chi connectivity index (χ0n) is 10.8. The standard InChI is InChI=1S/C13H18BrN3O2/c1-2-7-16-12(18)8-15-9-13(19)17-11-6-4-3-5-10(11)14/h3-6,15H,2,7-9H2,1H3,(H,16,18)(H,17,19). The number of para-hydroxylation sites is 1. The average Bonchev–Trinajstić information content (AvgIpc) is 2.39. The van der Waals surface area contributed by atoms with Crippen LogP contribution in [-0.2, 0) is 9.59 Å². The fraction of sp³-hybridized carbons (Fsp3) is 0.385. The van der Waals surface area contributed by atoms with Crippen molar-refractivity contribution in [3.05, 3.63) is 28.7 Å². The van der Waals surface area contributed by atoms with Gasteiger partial charge in [0.15, 0.2) is 0 Å². The SMILES string of the molecule is CCCNC(=O)CNCC(=O)Nc1ccccc1Br.